The standard InChI is InChI=1S/C34H50O/c1-3-4-5-6-7-8-9-10-11-12-13-14-15-16-17-19-24-33-29-31(26-25-30(33)2)27-28-34(35)32-22-20-18-21-23-32/h18,20-23,25-29H,3-17,19,24H2,1-2H3. The number of benzene rings is 2. The number of hydrogen-bond acceptors (Lipinski definition) is 1. The number of carbonyl (C=O) groups excluding carboxylic acids is 1. The Bertz CT molecular complexity index is 833. The van der Waals surface area contributed by atoms with Gasteiger partial charge in [0, 0.05) is 5.56 Å². The number of allylic oxidation sites excluding steroid dienone is 1. The van der Waals surface area contributed by atoms with Crippen LogP contribution in [0.2, 0.25) is 0 Å². The monoisotopic (exact) mass is 474 g/mol. The van der Waals surface area contributed by atoms with Crippen LogP contribution < -0.4 is 0 Å². The average Bonchev–Trinajstić information content (AvgIpc) is 2.89. The van der Waals surface area contributed by atoms with Crippen molar-refractivity contribution in [2.24, 2.45) is 0 Å². The maximum atomic E-state index is 12.3. The van der Waals surface area contributed by atoms with Gasteiger partial charge in [0.05, 0.1) is 0 Å². The van der Waals surface area contributed by atoms with E-state index in [0.717, 1.165) is 17.5 Å². The Kier molecular flexibility index (Phi) is 15.9. The lowest BCUT2D eigenvalue weighted by molar-refractivity contribution is 0.104. The Morgan fingerprint density at radius 3 is 1.71 bits per heavy atom. The van der Waals surface area contributed by atoms with Crippen molar-refractivity contribution < 1.29 is 4.79 Å². The van der Waals surface area contributed by atoms with Crippen molar-refractivity contribution in [1.29, 1.82) is 0 Å². The normalized spacial score (nSPS) is 11.4. The van der Waals surface area contributed by atoms with Gasteiger partial charge in [0.1, 0.15) is 0 Å². The lowest BCUT2D eigenvalue weighted by Gasteiger charge is -2.08. The molecule has 2 aromatic rings. The van der Waals surface area contributed by atoms with E-state index in [4.69, 9.17) is 0 Å². The molecule has 1 nitrogen and oxygen atoms in total. The highest BCUT2D eigenvalue weighted by Crippen LogP contribution is 2.18. The minimum Gasteiger partial charge on any atom is -0.289 e. The van der Waals surface area contributed by atoms with Crippen molar-refractivity contribution in [2.45, 2.75) is 123 Å². The van der Waals surface area contributed by atoms with Crippen LogP contribution in [0.4, 0.5) is 0 Å². The summed E-state index contributed by atoms with van der Waals surface area (Å²) >= 11 is 0. The molecule has 192 valence electrons. The lowest BCUT2D eigenvalue weighted by Crippen LogP contribution is -1.94. The zero-order chi connectivity index (χ0) is 25.0. The molecule has 0 unspecified atom stereocenters. The van der Waals surface area contributed by atoms with E-state index in [1.165, 1.54) is 114 Å². The van der Waals surface area contributed by atoms with Gasteiger partial charge < -0.3 is 0 Å². The zero-order valence-corrected chi connectivity index (χ0v) is 22.7. The minimum atomic E-state index is 0.0607. The van der Waals surface area contributed by atoms with Crippen LogP contribution in [-0.4, -0.2) is 5.78 Å². The molecule has 2 rings (SSSR count). The second kappa shape index (κ2) is 19.1. The van der Waals surface area contributed by atoms with Crippen molar-refractivity contribution in [3.63, 3.8) is 0 Å². The average molecular weight is 475 g/mol. The van der Waals surface area contributed by atoms with Gasteiger partial charge in [-0.15, -0.1) is 0 Å². The fourth-order valence-electron chi connectivity index (χ4n) is 4.80. The Morgan fingerprint density at radius 2 is 1.17 bits per heavy atom. The predicted octanol–water partition coefficient (Wildman–Crippen LogP) is 10.7. The first-order chi connectivity index (χ1) is 17.2. The third kappa shape index (κ3) is 13.5. The van der Waals surface area contributed by atoms with Gasteiger partial charge in [0.2, 0.25) is 0 Å². The third-order valence-corrected chi connectivity index (χ3v) is 7.16. The third-order valence-electron chi connectivity index (χ3n) is 7.16. The topological polar surface area (TPSA) is 17.1 Å². The summed E-state index contributed by atoms with van der Waals surface area (Å²) in [5.41, 5.74) is 4.64. The molecule has 0 aliphatic heterocycles. The van der Waals surface area contributed by atoms with Crippen LogP contribution in [0.25, 0.3) is 6.08 Å². The van der Waals surface area contributed by atoms with Crippen LogP contribution >= 0.6 is 0 Å². The van der Waals surface area contributed by atoms with Gasteiger partial charge in [-0.05, 0) is 42.5 Å². The van der Waals surface area contributed by atoms with Crippen LogP contribution in [0.5, 0.6) is 0 Å². The largest absolute Gasteiger partial charge is 0.289 e. The first kappa shape index (κ1) is 29.1. The van der Waals surface area contributed by atoms with Gasteiger partial charge in [-0.25, -0.2) is 0 Å². The van der Waals surface area contributed by atoms with Gasteiger partial charge >= 0.3 is 0 Å². The summed E-state index contributed by atoms with van der Waals surface area (Å²) in [6.07, 6.45) is 27.3. The van der Waals surface area contributed by atoms with Crippen molar-refractivity contribution >= 4 is 11.9 Å². The molecule has 0 radical (unpaired) electrons. The number of hydrogen-bond donors (Lipinski definition) is 0. The van der Waals surface area contributed by atoms with E-state index in [1.807, 2.05) is 36.4 Å². The van der Waals surface area contributed by atoms with Crippen LogP contribution in [0.3, 0.4) is 0 Å². The minimum absolute atomic E-state index is 0.0607. The molecule has 0 heterocycles. The molecule has 0 spiro atoms. The molecule has 0 aromatic heterocycles. The van der Waals surface area contributed by atoms with Crippen LogP contribution in [0, 0.1) is 6.92 Å². The molecule has 2 aromatic carbocycles. The van der Waals surface area contributed by atoms with E-state index in [-0.39, 0.29) is 5.78 Å². The summed E-state index contributed by atoms with van der Waals surface area (Å²) in [6.45, 7) is 4.49. The highest BCUT2D eigenvalue weighted by atomic mass is 16.1. The highest BCUT2D eigenvalue weighted by Gasteiger charge is 2.03. The Morgan fingerprint density at radius 1 is 0.657 bits per heavy atom. The number of aryl methyl sites for hydroxylation is 2. The molecule has 1 heteroatoms. The molecular formula is C34H50O. The van der Waals surface area contributed by atoms with Gasteiger partial charge in [-0.1, -0.05) is 158 Å². The smallest absolute Gasteiger partial charge is 0.185 e. The van der Waals surface area contributed by atoms with E-state index in [2.05, 4.69) is 32.0 Å². The van der Waals surface area contributed by atoms with Crippen molar-refractivity contribution in [3.8, 4) is 0 Å². The Labute approximate surface area is 216 Å². The maximum Gasteiger partial charge on any atom is 0.185 e. The van der Waals surface area contributed by atoms with E-state index in [1.54, 1.807) is 6.08 Å². The SMILES string of the molecule is CCCCCCCCCCCCCCCCCCc1cc(C=CC(=O)c2ccccc2)ccc1C. The second-order valence-corrected chi connectivity index (χ2v) is 10.3. The summed E-state index contributed by atoms with van der Waals surface area (Å²) in [5.74, 6) is 0.0607. The van der Waals surface area contributed by atoms with Crippen LogP contribution in [0.1, 0.15) is 137 Å². The van der Waals surface area contributed by atoms with Crippen molar-refractivity contribution in [2.75, 3.05) is 0 Å². The summed E-state index contributed by atoms with van der Waals surface area (Å²) in [6, 6.07) is 16.0. The number of rotatable bonds is 20. The molecule has 35 heavy (non-hydrogen) atoms. The predicted molar refractivity (Wildman–Crippen MR) is 154 cm³/mol. The molecule has 0 saturated heterocycles. The molecule has 0 amide bonds. The van der Waals surface area contributed by atoms with Gasteiger partial charge in [-0.3, -0.25) is 4.79 Å². The molecule has 0 aliphatic rings. The second-order valence-electron chi connectivity index (χ2n) is 10.3. The summed E-state index contributed by atoms with van der Waals surface area (Å²) < 4.78 is 0. The Balaban J connectivity index is 1.51. The first-order valence-electron chi connectivity index (χ1n) is 14.6. The molecule has 0 aliphatic carbocycles. The molecule has 0 saturated carbocycles. The van der Waals surface area contributed by atoms with Crippen LogP contribution in [0.15, 0.2) is 54.6 Å². The summed E-state index contributed by atoms with van der Waals surface area (Å²) in [4.78, 5) is 12.3. The van der Waals surface area contributed by atoms with Crippen LogP contribution in [-0.2, 0) is 6.42 Å². The van der Waals surface area contributed by atoms with Gasteiger partial charge in [-0.2, -0.15) is 0 Å². The molecule has 0 bridgehead atoms. The van der Waals surface area contributed by atoms with E-state index in [9.17, 15) is 4.79 Å². The van der Waals surface area contributed by atoms with Crippen molar-refractivity contribution in [3.05, 3.63) is 76.9 Å². The quantitative estimate of drug-likeness (QED) is 0.106. The summed E-state index contributed by atoms with van der Waals surface area (Å²) in [5, 5.41) is 0. The molecular weight excluding hydrogens is 424 g/mol. The van der Waals surface area contributed by atoms with Gasteiger partial charge in [0.25, 0.3) is 0 Å². The van der Waals surface area contributed by atoms with Gasteiger partial charge in [0.15, 0.2) is 5.78 Å². The molecule has 0 atom stereocenters. The fourth-order valence-corrected chi connectivity index (χ4v) is 4.80. The fraction of sp³-hybridized carbons (Fsp3) is 0.559. The number of ketones is 1. The Hall–Kier alpha value is -2.15. The van der Waals surface area contributed by atoms with E-state index >= 15 is 0 Å². The van der Waals surface area contributed by atoms with E-state index < -0.39 is 0 Å². The highest BCUT2D eigenvalue weighted by molar-refractivity contribution is 6.06. The lowest BCUT2D eigenvalue weighted by atomic mass is 9.98. The van der Waals surface area contributed by atoms with E-state index in [0.29, 0.717) is 0 Å². The summed E-state index contributed by atoms with van der Waals surface area (Å²) in [7, 11) is 0. The molecule has 0 N–H and O–H groups in total. The maximum absolute atomic E-state index is 12.3. The number of carbonyl (C=O) groups is 1. The number of unbranched alkanes of at least 4 members (excludes halogenated alkanes) is 15. The van der Waals surface area contributed by atoms with Crippen molar-refractivity contribution in [1.82, 2.24) is 0 Å². The zero-order valence-electron chi connectivity index (χ0n) is 22.7. The molecule has 0 fully saturated rings. The first-order valence-corrected chi connectivity index (χ1v) is 14.6.